The lowest BCUT2D eigenvalue weighted by molar-refractivity contribution is 0.0827. The maximum Gasteiger partial charge on any atom is 0.253 e. The van der Waals surface area contributed by atoms with Crippen molar-refractivity contribution < 1.29 is 4.79 Å². The summed E-state index contributed by atoms with van der Waals surface area (Å²) in [6, 6.07) is 17.8. The molecule has 0 bridgehead atoms. The zero-order valence-electron chi connectivity index (χ0n) is 19.1. The van der Waals surface area contributed by atoms with Crippen LogP contribution in [0.15, 0.2) is 96.2 Å². The molecule has 0 unspecified atom stereocenters. The topological polar surface area (TPSA) is 56.2 Å². The molecule has 0 fully saturated rings. The molecule has 0 spiro atoms. The monoisotopic (exact) mass is 425 g/mol. The lowest BCUT2D eigenvalue weighted by Crippen LogP contribution is -2.21. The van der Waals surface area contributed by atoms with Gasteiger partial charge in [0.1, 0.15) is 0 Å². The van der Waals surface area contributed by atoms with Crippen LogP contribution in [0, 0.1) is 5.41 Å². The minimum atomic E-state index is -0.0276. The van der Waals surface area contributed by atoms with Crippen molar-refractivity contribution in [3.63, 3.8) is 0 Å². The predicted octanol–water partition coefficient (Wildman–Crippen LogP) is 6.47. The van der Waals surface area contributed by atoms with Gasteiger partial charge < -0.3 is 15.6 Å². The van der Waals surface area contributed by atoms with Crippen molar-refractivity contribution in [2.75, 3.05) is 19.4 Å². The van der Waals surface area contributed by atoms with E-state index in [2.05, 4.69) is 54.7 Å². The molecule has 4 heteroatoms. The number of amides is 1. The van der Waals surface area contributed by atoms with Gasteiger partial charge in [-0.15, -0.1) is 0 Å². The van der Waals surface area contributed by atoms with Crippen molar-refractivity contribution in [2.24, 2.45) is 0 Å². The Kier molecular flexibility index (Phi) is 7.98. The Labute approximate surface area is 191 Å². The summed E-state index contributed by atoms with van der Waals surface area (Å²) in [5.41, 5.74) is 6.82. The van der Waals surface area contributed by atoms with E-state index in [9.17, 15) is 4.79 Å². The molecule has 2 N–H and O–H groups in total. The SMILES string of the molecule is CCC1=CC=C(C(=N)C/C=C\Nc2cccc(C(=O)N(C)C)c2)C=C(c2ccccc2)C1. The third-order valence-corrected chi connectivity index (χ3v) is 5.40. The number of hydrogen-bond acceptors (Lipinski definition) is 3. The van der Waals surface area contributed by atoms with Crippen LogP contribution >= 0.6 is 0 Å². The number of anilines is 1. The molecule has 3 rings (SSSR count). The van der Waals surface area contributed by atoms with Crippen molar-refractivity contribution in [2.45, 2.75) is 26.2 Å². The summed E-state index contributed by atoms with van der Waals surface area (Å²) >= 11 is 0. The second-order valence-corrected chi connectivity index (χ2v) is 8.02. The van der Waals surface area contributed by atoms with Crippen LogP contribution in [0.4, 0.5) is 5.69 Å². The first-order chi connectivity index (χ1) is 15.5. The molecular formula is C28H31N3O. The first-order valence-corrected chi connectivity index (χ1v) is 10.9. The van der Waals surface area contributed by atoms with E-state index in [1.807, 2.05) is 36.5 Å². The fourth-order valence-corrected chi connectivity index (χ4v) is 3.52. The zero-order valence-corrected chi connectivity index (χ0v) is 19.1. The Morgan fingerprint density at radius 3 is 2.59 bits per heavy atom. The second kappa shape index (κ2) is 11.1. The summed E-state index contributed by atoms with van der Waals surface area (Å²) in [5, 5.41) is 11.8. The molecule has 1 amide bonds. The van der Waals surface area contributed by atoms with E-state index in [-0.39, 0.29) is 5.91 Å². The molecule has 1 aliphatic rings. The number of rotatable bonds is 8. The van der Waals surface area contributed by atoms with Crippen LogP contribution in [0.1, 0.15) is 42.1 Å². The average Bonchev–Trinajstić information content (AvgIpc) is 3.05. The van der Waals surface area contributed by atoms with E-state index in [1.54, 1.807) is 25.1 Å². The standard InChI is InChI=1S/C28H31N3O/c1-4-21-15-16-23(19-25(18-21)22-10-6-5-7-11-22)27(29)14-9-17-30-26-13-8-12-24(20-26)28(32)31(2)3/h5-13,15-17,19-20,29-30H,4,14,18H2,1-3H3/b17-9-,29-27?. The lowest BCUT2D eigenvalue weighted by atomic mass is 9.96. The van der Waals surface area contributed by atoms with Crippen LogP contribution in [-0.2, 0) is 0 Å². The van der Waals surface area contributed by atoms with Gasteiger partial charge in [-0.05, 0) is 60.0 Å². The smallest absolute Gasteiger partial charge is 0.253 e. The Bertz CT molecular complexity index is 1090. The minimum absolute atomic E-state index is 0.0276. The molecule has 4 nitrogen and oxygen atoms in total. The van der Waals surface area contributed by atoms with Crippen LogP contribution in [-0.4, -0.2) is 30.6 Å². The summed E-state index contributed by atoms with van der Waals surface area (Å²) in [6.07, 6.45) is 12.6. The number of carbonyl (C=O) groups excluding carboxylic acids is 1. The Morgan fingerprint density at radius 1 is 1.09 bits per heavy atom. The van der Waals surface area contributed by atoms with Gasteiger partial charge in [0, 0.05) is 37.5 Å². The zero-order chi connectivity index (χ0) is 22.9. The third kappa shape index (κ3) is 6.17. The first kappa shape index (κ1) is 23.0. The molecule has 0 saturated carbocycles. The number of nitrogens with zero attached hydrogens (tertiary/aromatic N) is 1. The van der Waals surface area contributed by atoms with Gasteiger partial charge in [-0.3, -0.25) is 4.79 Å². The van der Waals surface area contributed by atoms with Crippen molar-refractivity contribution >= 4 is 22.9 Å². The summed E-state index contributed by atoms with van der Waals surface area (Å²) in [4.78, 5) is 13.7. The molecule has 0 radical (unpaired) electrons. The number of nitrogens with one attached hydrogen (secondary N) is 2. The largest absolute Gasteiger partial charge is 0.362 e. The molecular weight excluding hydrogens is 394 g/mol. The van der Waals surface area contributed by atoms with Gasteiger partial charge in [0.05, 0.1) is 0 Å². The molecule has 0 saturated heterocycles. The fraction of sp³-hybridized carbons (Fsp3) is 0.214. The summed E-state index contributed by atoms with van der Waals surface area (Å²) in [7, 11) is 3.49. The number of carbonyl (C=O) groups is 1. The van der Waals surface area contributed by atoms with Crippen LogP contribution in [0.2, 0.25) is 0 Å². The highest BCUT2D eigenvalue weighted by Gasteiger charge is 2.11. The number of benzene rings is 2. The van der Waals surface area contributed by atoms with E-state index in [0.717, 1.165) is 24.1 Å². The summed E-state index contributed by atoms with van der Waals surface area (Å²) in [6.45, 7) is 2.17. The molecule has 1 aliphatic carbocycles. The molecule has 0 aliphatic heterocycles. The lowest BCUT2D eigenvalue weighted by Gasteiger charge is -2.11. The van der Waals surface area contributed by atoms with Gasteiger partial charge in [0.2, 0.25) is 0 Å². The van der Waals surface area contributed by atoms with Crippen LogP contribution in [0.5, 0.6) is 0 Å². The Morgan fingerprint density at radius 2 is 1.88 bits per heavy atom. The highest BCUT2D eigenvalue weighted by atomic mass is 16.2. The van der Waals surface area contributed by atoms with Gasteiger partial charge >= 0.3 is 0 Å². The molecule has 2 aromatic carbocycles. The molecule has 32 heavy (non-hydrogen) atoms. The Balaban J connectivity index is 1.68. The fourth-order valence-electron chi connectivity index (χ4n) is 3.52. The van der Waals surface area contributed by atoms with E-state index in [1.165, 1.54) is 16.7 Å². The highest BCUT2D eigenvalue weighted by Crippen LogP contribution is 2.28. The van der Waals surface area contributed by atoms with Gasteiger partial charge in [0.15, 0.2) is 0 Å². The maximum absolute atomic E-state index is 12.1. The second-order valence-electron chi connectivity index (χ2n) is 8.02. The minimum Gasteiger partial charge on any atom is -0.362 e. The van der Waals surface area contributed by atoms with E-state index < -0.39 is 0 Å². The maximum atomic E-state index is 12.1. The van der Waals surface area contributed by atoms with E-state index in [4.69, 9.17) is 5.41 Å². The molecule has 2 aromatic rings. The van der Waals surface area contributed by atoms with Crippen LogP contribution in [0.25, 0.3) is 5.57 Å². The number of allylic oxidation sites excluding steroid dienone is 7. The molecule has 164 valence electrons. The number of hydrogen-bond donors (Lipinski definition) is 2. The van der Waals surface area contributed by atoms with Gasteiger partial charge in [0.25, 0.3) is 5.91 Å². The van der Waals surface area contributed by atoms with E-state index in [0.29, 0.717) is 17.7 Å². The van der Waals surface area contributed by atoms with Crippen molar-refractivity contribution in [3.8, 4) is 0 Å². The first-order valence-electron chi connectivity index (χ1n) is 10.9. The van der Waals surface area contributed by atoms with Crippen LogP contribution < -0.4 is 5.32 Å². The highest BCUT2D eigenvalue weighted by molar-refractivity contribution is 6.03. The van der Waals surface area contributed by atoms with Crippen molar-refractivity contribution in [1.82, 2.24) is 4.90 Å². The summed E-state index contributed by atoms with van der Waals surface area (Å²) in [5.74, 6) is -0.0276. The molecule has 0 aromatic heterocycles. The van der Waals surface area contributed by atoms with E-state index >= 15 is 0 Å². The third-order valence-electron chi connectivity index (χ3n) is 5.40. The average molecular weight is 426 g/mol. The van der Waals surface area contributed by atoms with Gasteiger partial charge in [-0.25, -0.2) is 0 Å². The molecule has 0 atom stereocenters. The van der Waals surface area contributed by atoms with Gasteiger partial charge in [-0.2, -0.15) is 0 Å². The molecule has 0 heterocycles. The normalized spacial score (nSPS) is 13.7. The van der Waals surface area contributed by atoms with Gasteiger partial charge in [-0.1, -0.05) is 67.1 Å². The summed E-state index contributed by atoms with van der Waals surface area (Å²) < 4.78 is 0. The van der Waals surface area contributed by atoms with Crippen LogP contribution in [0.3, 0.4) is 0 Å². The predicted molar refractivity (Wildman–Crippen MR) is 135 cm³/mol. The van der Waals surface area contributed by atoms with Crippen molar-refractivity contribution in [1.29, 1.82) is 5.41 Å². The van der Waals surface area contributed by atoms with Crippen molar-refractivity contribution in [3.05, 3.63) is 107 Å². The Hall–Kier alpha value is -3.66. The quantitative estimate of drug-likeness (QED) is 0.476.